The minimum absolute atomic E-state index is 0.208. The number of rotatable bonds is 6. The van der Waals surface area contributed by atoms with Crippen LogP contribution in [0.25, 0.3) is 10.9 Å². The zero-order valence-corrected chi connectivity index (χ0v) is 17.3. The Balaban J connectivity index is 1.34. The van der Waals surface area contributed by atoms with E-state index in [4.69, 9.17) is 14.7 Å². The van der Waals surface area contributed by atoms with Crippen molar-refractivity contribution in [1.29, 1.82) is 0 Å². The predicted octanol–water partition coefficient (Wildman–Crippen LogP) is 2.65. The fourth-order valence-corrected chi connectivity index (χ4v) is 4.35. The van der Waals surface area contributed by atoms with Crippen molar-refractivity contribution >= 4 is 40.3 Å². The number of ether oxygens (including phenoxy) is 1. The summed E-state index contributed by atoms with van der Waals surface area (Å²) in [6.07, 6.45) is 4.68. The molecule has 0 bridgehead atoms. The lowest BCUT2D eigenvalue weighted by Crippen LogP contribution is -2.25. The van der Waals surface area contributed by atoms with Crippen molar-refractivity contribution < 1.29 is 14.9 Å². The molecule has 1 saturated heterocycles. The van der Waals surface area contributed by atoms with E-state index in [0.717, 1.165) is 40.8 Å². The van der Waals surface area contributed by atoms with Gasteiger partial charge in [-0.3, -0.25) is 9.98 Å². The highest BCUT2D eigenvalue weighted by atomic mass is 16.5. The second-order valence-electron chi connectivity index (χ2n) is 8.59. The zero-order valence-electron chi connectivity index (χ0n) is 17.3. The van der Waals surface area contributed by atoms with Crippen LogP contribution in [0.1, 0.15) is 30.9 Å². The first-order valence-electron chi connectivity index (χ1n) is 11.0. The van der Waals surface area contributed by atoms with E-state index in [9.17, 15) is 10.2 Å². The van der Waals surface area contributed by atoms with E-state index in [1.54, 1.807) is 6.20 Å². The molecule has 0 amide bonds. The van der Waals surface area contributed by atoms with E-state index in [2.05, 4.69) is 20.6 Å². The molecule has 9 nitrogen and oxygen atoms in total. The highest BCUT2D eigenvalue weighted by molar-refractivity contribution is 5.86. The Labute approximate surface area is 184 Å². The molecule has 4 heterocycles. The summed E-state index contributed by atoms with van der Waals surface area (Å²) in [5, 5.41) is 27.5. The Bertz CT molecular complexity index is 1200. The summed E-state index contributed by atoms with van der Waals surface area (Å²) in [7, 11) is 0. The average molecular weight is 432 g/mol. The van der Waals surface area contributed by atoms with Gasteiger partial charge >= 0.3 is 0 Å². The van der Waals surface area contributed by atoms with Gasteiger partial charge in [-0.2, -0.15) is 4.98 Å². The van der Waals surface area contributed by atoms with E-state index >= 15 is 0 Å². The molecule has 1 saturated carbocycles. The number of anilines is 3. The Kier molecular flexibility index (Phi) is 4.74. The number of aliphatic imine (C=N–C) groups is 1. The molecule has 3 aliphatic rings. The quantitative estimate of drug-likeness (QED) is 0.469. The Morgan fingerprint density at radius 2 is 2.06 bits per heavy atom. The molecule has 2 aliphatic heterocycles. The van der Waals surface area contributed by atoms with Crippen LogP contribution in [0.2, 0.25) is 0 Å². The molecular formula is C23H24N6O3. The van der Waals surface area contributed by atoms with E-state index in [0.29, 0.717) is 24.2 Å². The Morgan fingerprint density at radius 1 is 1.16 bits per heavy atom. The third kappa shape index (κ3) is 3.58. The molecular weight excluding hydrogens is 408 g/mol. The summed E-state index contributed by atoms with van der Waals surface area (Å²) in [5.41, 5.74) is 3.28. The number of aliphatic hydroxyl groups is 2. The SMILES string of the molecule is OCC1OC(C2C=Nc3c(NC4CC4)nc(Nc4ccc5ncccc5c4)nc32)CC1O. The summed E-state index contributed by atoms with van der Waals surface area (Å²) >= 11 is 0. The van der Waals surface area contributed by atoms with Gasteiger partial charge < -0.3 is 25.6 Å². The van der Waals surface area contributed by atoms with E-state index < -0.39 is 12.2 Å². The molecule has 1 aromatic carbocycles. The van der Waals surface area contributed by atoms with Crippen molar-refractivity contribution in [1.82, 2.24) is 15.0 Å². The second-order valence-corrected chi connectivity index (χ2v) is 8.59. The van der Waals surface area contributed by atoms with Crippen molar-refractivity contribution in [3.8, 4) is 0 Å². The zero-order chi connectivity index (χ0) is 21.7. The largest absolute Gasteiger partial charge is 0.394 e. The van der Waals surface area contributed by atoms with Gasteiger partial charge in [0.2, 0.25) is 5.95 Å². The van der Waals surface area contributed by atoms with E-state index in [1.807, 2.05) is 36.5 Å². The van der Waals surface area contributed by atoms with E-state index in [1.165, 1.54) is 0 Å². The second kappa shape index (κ2) is 7.77. The fraction of sp³-hybridized carbons (Fsp3) is 0.391. The maximum absolute atomic E-state index is 10.2. The molecule has 2 fully saturated rings. The molecule has 32 heavy (non-hydrogen) atoms. The number of nitrogens with one attached hydrogen (secondary N) is 2. The van der Waals surface area contributed by atoms with Crippen LogP contribution in [0.3, 0.4) is 0 Å². The maximum Gasteiger partial charge on any atom is 0.229 e. The molecule has 2 aromatic heterocycles. The van der Waals surface area contributed by atoms with Gasteiger partial charge in [-0.25, -0.2) is 4.98 Å². The predicted molar refractivity (Wildman–Crippen MR) is 121 cm³/mol. The number of benzene rings is 1. The molecule has 1 aliphatic carbocycles. The van der Waals surface area contributed by atoms with Crippen LogP contribution in [0.5, 0.6) is 0 Å². The molecule has 0 spiro atoms. The number of hydrogen-bond acceptors (Lipinski definition) is 9. The van der Waals surface area contributed by atoms with Gasteiger partial charge in [-0.15, -0.1) is 0 Å². The molecule has 3 aromatic rings. The molecule has 6 rings (SSSR count). The molecule has 4 unspecified atom stereocenters. The average Bonchev–Trinajstić information content (AvgIpc) is 3.39. The van der Waals surface area contributed by atoms with Crippen molar-refractivity contribution in [2.75, 3.05) is 17.2 Å². The third-order valence-electron chi connectivity index (χ3n) is 6.20. The summed E-state index contributed by atoms with van der Waals surface area (Å²) in [5.74, 6) is 0.974. The smallest absolute Gasteiger partial charge is 0.229 e. The first-order valence-corrected chi connectivity index (χ1v) is 11.0. The normalized spacial score (nSPS) is 26.4. The number of aliphatic hydroxyl groups excluding tert-OH is 2. The first-order chi connectivity index (χ1) is 15.7. The lowest BCUT2D eigenvalue weighted by molar-refractivity contribution is -0.0234. The number of fused-ring (bicyclic) bond motifs is 2. The lowest BCUT2D eigenvalue weighted by atomic mass is 9.97. The van der Waals surface area contributed by atoms with Crippen LogP contribution < -0.4 is 10.6 Å². The van der Waals surface area contributed by atoms with Crippen LogP contribution in [0, 0.1) is 0 Å². The van der Waals surface area contributed by atoms with Crippen molar-refractivity contribution in [2.45, 2.75) is 49.5 Å². The first kappa shape index (κ1) is 19.5. The number of hydrogen-bond donors (Lipinski definition) is 4. The molecule has 164 valence electrons. The Morgan fingerprint density at radius 3 is 2.88 bits per heavy atom. The highest BCUT2D eigenvalue weighted by Crippen LogP contribution is 2.43. The summed E-state index contributed by atoms with van der Waals surface area (Å²) < 4.78 is 5.90. The standard InChI is InChI=1S/C23H24N6O3/c30-11-19-17(31)9-18(32-19)15-10-25-21-20(15)28-23(29-22(21)26-13-3-4-13)27-14-5-6-16-12(8-14)2-1-7-24-16/h1-2,5-8,10,13,15,17-19,30-31H,3-4,9,11H2,(H2,26,27,28,29). The van der Waals surface area contributed by atoms with Crippen molar-refractivity contribution in [3.63, 3.8) is 0 Å². The van der Waals surface area contributed by atoms with Gasteiger partial charge in [0.15, 0.2) is 5.82 Å². The summed E-state index contributed by atoms with van der Waals surface area (Å²) in [4.78, 5) is 18.5. The topological polar surface area (TPSA) is 125 Å². The number of aromatic nitrogens is 3. The highest BCUT2D eigenvalue weighted by Gasteiger charge is 2.41. The molecule has 4 N–H and O–H groups in total. The number of nitrogens with zero attached hydrogens (tertiary/aromatic N) is 4. The molecule has 0 radical (unpaired) electrons. The van der Waals surface area contributed by atoms with Crippen LogP contribution >= 0.6 is 0 Å². The monoisotopic (exact) mass is 432 g/mol. The fourth-order valence-electron chi connectivity index (χ4n) is 4.35. The van der Waals surface area contributed by atoms with Gasteiger partial charge in [0, 0.05) is 35.9 Å². The van der Waals surface area contributed by atoms with Crippen LogP contribution in [-0.4, -0.2) is 62.3 Å². The van der Waals surface area contributed by atoms with Crippen molar-refractivity contribution in [2.24, 2.45) is 4.99 Å². The lowest BCUT2D eigenvalue weighted by Gasteiger charge is -2.19. The van der Waals surface area contributed by atoms with Crippen molar-refractivity contribution in [3.05, 3.63) is 42.2 Å². The summed E-state index contributed by atoms with van der Waals surface area (Å²) in [6, 6.07) is 10.3. The maximum atomic E-state index is 10.2. The minimum atomic E-state index is -0.697. The van der Waals surface area contributed by atoms with Crippen LogP contribution in [0.4, 0.5) is 23.1 Å². The van der Waals surface area contributed by atoms with E-state index in [-0.39, 0.29) is 18.6 Å². The van der Waals surface area contributed by atoms with Gasteiger partial charge in [-0.1, -0.05) is 6.07 Å². The molecule has 9 heteroatoms. The molecule has 4 atom stereocenters. The minimum Gasteiger partial charge on any atom is -0.394 e. The van der Waals surface area contributed by atoms with Gasteiger partial charge in [0.05, 0.1) is 35.9 Å². The number of pyridine rings is 1. The Hall–Kier alpha value is -3.14. The van der Waals surface area contributed by atoms with Gasteiger partial charge in [0.25, 0.3) is 0 Å². The van der Waals surface area contributed by atoms with Gasteiger partial charge in [0.1, 0.15) is 11.8 Å². The van der Waals surface area contributed by atoms with Crippen LogP contribution in [0.15, 0.2) is 41.5 Å². The summed E-state index contributed by atoms with van der Waals surface area (Å²) in [6.45, 7) is -0.212. The van der Waals surface area contributed by atoms with Gasteiger partial charge in [-0.05, 0) is 37.1 Å². The van der Waals surface area contributed by atoms with Crippen LogP contribution in [-0.2, 0) is 4.74 Å². The third-order valence-corrected chi connectivity index (χ3v) is 6.20.